The highest BCUT2D eigenvalue weighted by molar-refractivity contribution is 5.41. The lowest BCUT2D eigenvalue weighted by Crippen LogP contribution is -1.98. The van der Waals surface area contributed by atoms with E-state index in [1.165, 1.54) is 0 Å². The topological polar surface area (TPSA) is 74.2 Å². The lowest BCUT2D eigenvalue weighted by atomic mass is 10.2. The zero-order chi connectivity index (χ0) is 12.3. The molecule has 0 atom stereocenters. The molecule has 1 heterocycles. The maximum absolute atomic E-state index is 5.58. The quantitative estimate of drug-likeness (QED) is 0.820. The van der Waals surface area contributed by atoms with Gasteiger partial charge < -0.3 is 15.0 Å². The second-order valence-electron chi connectivity index (χ2n) is 4.06. The number of aromatic nitrogens is 2. The molecule has 2 N–H and O–H groups in total. The van der Waals surface area contributed by atoms with Crippen LogP contribution in [0.1, 0.15) is 31.5 Å². The predicted octanol–water partition coefficient (Wildman–Crippen LogP) is 2.35. The Hall–Kier alpha value is -2.04. The molecule has 2 aromatic rings. The maximum atomic E-state index is 5.58. The van der Waals surface area contributed by atoms with E-state index in [0.29, 0.717) is 24.0 Å². The molecule has 0 aliphatic rings. The Labute approximate surface area is 99.6 Å². The molecule has 0 amide bonds. The van der Waals surface area contributed by atoms with Crippen LogP contribution in [-0.4, -0.2) is 10.1 Å². The van der Waals surface area contributed by atoms with Gasteiger partial charge in [-0.3, -0.25) is 0 Å². The molecule has 17 heavy (non-hydrogen) atoms. The molecule has 0 bridgehead atoms. The molecule has 5 heteroatoms. The summed E-state index contributed by atoms with van der Waals surface area (Å²) in [5, 5.41) is 3.83. The SMILES string of the molecule is CC(C)c1nc(COc2ccc(N)cc2)no1. The van der Waals surface area contributed by atoms with Gasteiger partial charge in [0.15, 0.2) is 6.61 Å². The number of rotatable bonds is 4. The average molecular weight is 233 g/mol. The molecule has 0 fully saturated rings. The molecule has 0 spiro atoms. The fourth-order valence-electron chi connectivity index (χ4n) is 1.27. The van der Waals surface area contributed by atoms with Gasteiger partial charge >= 0.3 is 0 Å². The third-order valence-electron chi connectivity index (χ3n) is 2.23. The predicted molar refractivity (Wildman–Crippen MR) is 63.6 cm³/mol. The Morgan fingerprint density at radius 1 is 1.29 bits per heavy atom. The number of ether oxygens (including phenoxy) is 1. The van der Waals surface area contributed by atoms with Crippen molar-refractivity contribution in [1.82, 2.24) is 10.1 Å². The van der Waals surface area contributed by atoms with Crippen LogP contribution in [0.25, 0.3) is 0 Å². The van der Waals surface area contributed by atoms with E-state index < -0.39 is 0 Å². The Morgan fingerprint density at radius 3 is 2.59 bits per heavy atom. The highest BCUT2D eigenvalue weighted by Gasteiger charge is 2.09. The summed E-state index contributed by atoms with van der Waals surface area (Å²) in [4.78, 5) is 4.21. The van der Waals surface area contributed by atoms with Crippen molar-refractivity contribution in [2.45, 2.75) is 26.4 Å². The van der Waals surface area contributed by atoms with E-state index in [0.717, 1.165) is 5.75 Å². The first-order chi connectivity index (χ1) is 8.15. The number of nitrogen functional groups attached to an aromatic ring is 1. The minimum Gasteiger partial charge on any atom is -0.485 e. The van der Waals surface area contributed by atoms with E-state index in [4.69, 9.17) is 15.0 Å². The van der Waals surface area contributed by atoms with Gasteiger partial charge in [0.05, 0.1) is 0 Å². The van der Waals surface area contributed by atoms with Crippen molar-refractivity contribution in [2.75, 3.05) is 5.73 Å². The minimum absolute atomic E-state index is 0.229. The fraction of sp³-hybridized carbons (Fsp3) is 0.333. The highest BCUT2D eigenvalue weighted by Crippen LogP contribution is 2.15. The largest absolute Gasteiger partial charge is 0.485 e. The third-order valence-corrected chi connectivity index (χ3v) is 2.23. The molecule has 0 saturated heterocycles. The van der Waals surface area contributed by atoms with E-state index in [1.807, 2.05) is 13.8 Å². The van der Waals surface area contributed by atoms with Crippen molar-refractivity contribution in [3.05, 3.63) is 36.0 Å². The summed E-state index contributed by atoms with van der Waals surface area (Å²) >= 11 is 0. The molecule has 5 nitrogen and oxygen atoms in total. The number of nitrogens with zero attached hydrogens (tertiary/aromatic N) is 2. The molecule has 0 aliphatic heterocycles. The molecule has 0 unspecified atom stereocenters. The average Bonchev–Trinajstić information content (AvgIpc) is 2.77. The van der Waals surface area contributed by atoms with Crippen LogP contribution in [0.3, 0.4) is 0 Å². The van der Waals surface area contributed by atoms with Crippen LogP contribution < -0.4 is 10.5 Å². The number of nitrogens with two attached hydrogens (primary N) is 1. The fourth-order valence-corrected chi connectivity index (χ4v) is 1.27. The van der Waals surface area contributed by atoms with Crippen LogP contribution in [0.5, 0.6) is 5.75 Å². The van der Waals surface area contributed by atoms with Gasteiger partial charge in [-0.05, 0) is 24.3 Å². The van der Waals surface area contributed by atoms with Crippen LogP contribution >= 0.6 is 0 Å². The van der Waals surface area contributed by atoms with Crippen LogP contribution in [0.15, 0.2) is 28.8 Å². The summed E-state index contributed by atoms with van der Waals surface area (Å²) in [6, 6.07) is 7.17. The second kappa shape index (κ2) is 4.86. The standard InChI is InChI=1S/C12H15N3O2/c1-8(2)12-14-11(15-17-12)7-16-10-5-3-9(13)4-6-10/h3-6,8H,7,13H2,1-2H3. The van der Waals surface area contributed by atoms with Crippen molar-refractivity contribution in [2.24, 2.45) is 0 Å². The Morgan fingerprint density at radius 2 is 2.00 bits per heavy atom. The van der Waals surface area contributed by atoms with Crippen molar-refractivity contribution >= 4 is 5.69 Å². The van der Waals surface area contributed by atoms with Crippen LogP contribution in [-0.2, 0) is 6.61 Å². The van der Waals surface area contributed by atoms with Gasteiger partial charge in [0.2, 0.25) is 11.7 Å². The normalized spacial score (nSPS) is 10.8. The highest BCUT2D eigenvalue weighted by atomic mass is 16.5. The van der Waals surface area contributed by atoms with Crippen molar-refractivity contribution < 1.29 is 9.26 Å². The van der Waals surface area contributed by atoms with E-state index in [2.05, 4.69) is 10.1 Å². The number of anilines is 1. The first-order valence-corrected chi connectivity index (χ1v) is 5.46. The summed E-state index contributed by atoms with van der Waals surface area (Å²) in [5.74, 6) is 2.13. The second-order valence-corrected chi connectivity index (χ2v) is 4.06. The summed E-state index contributed by atoms with van der Waals surface area (Å²) in [5.41, 5.74) is 6.28. The summed E-state index contributed by atoms with van der Waals surface area (Å²) < 4.78 is 10.6. The minimum atomic E-state index is 0.229. The zero-order valence-electron chi connectivity index (χ0n) is 9.88. The van der Waals surface area contributed by atoms with E-state index >= 15 is 0 Å². The Bertz CT molecular complexity index is 477. The lowest BCUT2D eigenvalue weighted by Gasteiger charge is -2.02. The van der Waals surface area contributed by atoms with Gasteiger partial charge in [-0.15, -0.1) is 0 Å². The first-order valence-electron chi connectivity index (χ1n) is 5.46. The first kappa shape index (κ1) is 11.4. The van der Waals surface area contributed by atoms with Gasteiger partial charge in [-0.25, -0.2) is 0 Å². The van der Waals surface area contributed by atoms with Crippen LogP contribution in [0, 0.1) is 0 Å². The summed E-state index contributed by atoms with van der Waals surface area (Å²) in [6.07, 6.45) is 0. The molecule has 0 radical (unpaired) electrons. The van der Waals surface area contributed by atoms with Gasteiger partial charge in [0.1, 0.15) is 5.75 Å². The van der Waals surface area contributed by atoms with Crippen LogP contribution in [0.2, 0.25) is 0 Å². The molecule has 90 valence electrons. The molecule has 0 aliphatic carbocycles. The van der Waals surface area contributed by atoms with Gasteiger partial charge in [-0.1, -0.05) is 19.0 Å². The van der Waals surface area contributed by atoms with Gasteiger partial charge in [-0.2, -0.15) is 4.98 Å². The molecule has 1 aromatic heterocycles. The summed E-state index contributed by atoms with van der Waals surface area (Å²) in [7, 11) is 0. The van der Waals surface area contributed by atoms with Gasteiger partial charge in [0.25, 0.3) is 0 Å². The van der Waals surface area contributed by atoms with Crippen molar-refractivity contribution in [3.63, 3.8) is 0 Å². The van der Waals surface area contributed by atoms with E-state index in [1.54, 1.807) is 24.3 Å². The molecular formula is C12H15N3O2. The van der Waals surface area contributed by atoms with Gasteiger partial charge in [0, 0.05) is 11.6 Å². The monoisotopic (exact) mass is 233 g/mol. The third kappa shape index (κ3) is 2.96. The van der Waals surface area contributed by atoms with Crippen molar-refractivity contribution in [3.8, 4) is 5.75 Å². The molecular weight excluding hydrogens is 218 g/mol. The molecule has 2 rings (SSSR count). The van der Waals surface area contributed by atoms with E-state index in [9.17, 15) is 0 Å². The molecule has 1 aromatic carbocycles. The number of hydrogen-bond acceptors (Lipinski definition) is 5. The Balaban J connectivity index is 1.95. The van der Waals surface area contributed by atoms with Crippen molar-refractivity contribution in [1.29, 1.82) is 0 Å². The zero-order valence-corrected chi connectivity index (χ0v) is 9.88. The lowest BCUT2D eigenvalue weighted by molar-refractivity contribution is 0.284. The molecule has 0 saturated carbocycles. The van der Waals surface area contributed by atoms with E-state index in [-0.39, 0.29) is 5.92 Å². The number of benzene rings is 1. The van der Waals surface area contributed by atoms with Crippen LogP contribution in [0.4, 0.5) is 5.69 Å². The maximum Gasteiger partial charge on any atom is 0.229 e. The Kier molecular flexibility index (Phi) is 3.27. The summed E-state index contributed by atoms with van der Waals surface area (Å²) in [6.45, 7) is 4.29. The number of hydrogen-bond donors (Lipinski definition) is 1. The smallest absolute Gasteiger partial charge is 0.229 e.